The lowest BCUT2D eigenvalue weighted by molar-refractivity contribution is -0.292. The van der Waals surface area contributed by atoms with Crippen molar-refractivity contribution in [1.29, 1.82) is 0 Å². The van der Waals surface area contributed by atoms with Crippen molar-refractivity contribution in [3.05, 3.63) is 35.4 Å². The van der Waals surface area contributed by atoms with Crippen molar-refractivity contribution < 1.29 is 26.3 Å². The molecule has 0 aliphatic carbocycles. The van der Waals surface area contributed by atoms with Gasteiger partial charge >= 0.3 is 12.4 Å². The van der Waals surface area contributed by atoms with Gasteiger partial charge in [-0.3, -0.25) is 11.3 Å². The van der Waals surface area contributed by atoms with Crippen LogP contribution in [-0.2, 0) is 0 Å². The minimum absolute atomic E-state index is 0.115. The Bertz CT molecular complexity index is 435. The zero-order chi connectivity index (χ0) is 16.4. The lowest BCUT2D eigenvalue weighted by atomic mass is 9.90. The van der Waals surface area contributed by atoms with Crippen LogP contribution in [0.3, 0.4) is 0 Å². The third-order valence-electron chi connectivity index (χ3n) is 3.18. The van der Waals surface area contributed by atoms with Crippen LogP contribution in [0, 0.1) is 5.92 Å². The third-order valence-corrected chi connectivity index (χ3v) is 3.18. The Hall–Kier alpha value is -1.28. The summed E-state index contributed by atoms with van der Waals surface area (Å²) in [4.78, 5) is 0. The molecule has 0 spiro atoms. The topological polar surface area (TPSA) is 38.0 Å². The lowest BCUT2D eigenvalue weighted by Gasteiger charge is -2.30. The summed E-state index contributed by atoms with van der Waals surface area (Å²) in [6.07, 6.45) is -10.9. The van der Waals surface area contributed by atoms with Gasteiger partial charge in [-0.25, -0.2) is 0 Å². The van der Waals surface area contributed by atoms with E-state index >= 15 is 0 Å². The standard InChI is InChI=1S/C13H16F6N2/c1-7(2)8-3-5-9(6-4-8)10(21-20)11(12(14,15)16)13(17,18)19/h3-7,10-11,21H,20H2,1-2H3. The van der Waals surface area contributed by atoms with Crippen molar-refractivity contribution in [2.45, 2.75) is 38.2 Å². The van der Waals surface area contributed by atoms with Crippen molar-refractivity contribution in [3.63, 3.8) is 0 Å². The van der Waals surface area contributed by atoms with Crippen molar-refractivity contribution in [3.8, 4) is 0 Å². The highest BCUT2D eigenvalue weighted by Crippen LogP contribution is 2.46. The minimum atomic E-state index is -5.45. The summed E-state index contributed by atoms with van der Waals surface area (Å²) in [7, 11) is 0. The van der Waals surface area contributed by atoms with E-state index in [2.05, 4.69) is 0 Å². The highest BCUT2D eigenvalue weighted by molar-refractivity contribution is 5.27. The van der Waals surface area contributed by atoms with Crippen LogP contribution in [-0.4, -0.2) is 12.4 Å². The summed E-state index contributed by atoms with van der Waals surface area (Å²) in [5.74, 6) is 1.49. The van der Waals surface area contributed by atoms with Crippen molar-refractivity contribution in [2.75, 3.05) is 0 Å². The van der Waals surface area contributed by atoms with E-state index in [1.807, 2.05) is 13.8 Å². The molecule has 0 bridgehead atoms. The third kappa shape index (κ3) is 4.34. The molecule has 0 aromatic heterocycles. The Morgan fingerprint density at radius 2 is 1.24 bits per heavy atom. The van der Waals surface area contributed by atoms with Gasteiger partial charge in [-0.05, 0) is 17.0 Å². The van der Waals surface area contributed by atoms with Gasteiger partial charge < -0.3 is 0 Å². The fourth-order valence-electron chi connectivity index (χ4n) is 2.04. The van der Waals surface area contributed by atoms with E-state index in [4.69, 9.17) is 5.84 Å². The van der Waals surface area contributed by atoms with Crippen molar-refractivity contribution in [1.82, 2.24) is 5.43 Å². The Morgan fingerprint density at radius 3 is 1.52 bits per heavy atom. The molecule has 0 saturated carbocycles. The van der Waals surface area contributed by atoms with Gasteiger partial charge in [0.25, 0.3) is 0 Å². The molecule has 1 aromatic carbocycles. The Morgan fingerprint density at radius 1 is 0.857 bits per heavy atom. The highest BCUT2D eigenvalue weighted by atomic mass is 19.4. The van der Waals surface area contributed by atoms with E-state index < -0.39 is 24.3 Å². The first-order chi connectivity index (χ1) is 9.48. The second-order valence-corrected chi connectivity index (χ2v) is 5.03. The molecule has 120 valence electrons. The van der Waals surface area contributed by atoms with Gasteiger partial charge in [0.15, 0.2) is 5.92 Å². The van der Waals surface area contributed by atoms with Crippen LogP contribution in [0.4, 0.5) is 26.3 Å². The molecule has 1 rings (SSSR count). The van der Waals surface area contributed by atoms with Crippen LogP contribution in [0.2, 0.25) is 0 Å². The molecule has 0 aliphatic rings. The van der Waals surface area contributed by atoms with E-state index in [-0.39, 0.29) is 11.5 Å². The zero-order valence-electron chi connectivity index (χ0n) is 11.4. The fourth-order valence-corrected chi connectivity index (χ4v) is 2.04. The average molecular weight is 314 g/mol. The van der Waals surface area contributed by atoms with Crippen LogP contribution >= 0.6 is 0 Å². The predicted octanol–water partition coefficient (Wildman–Crippen LogP) is 4.06. The molecule has 1 atom stereocenters. The maximum absolute atomic E-state index is 12.7. The first-order valence-electron chi connectivity index (χ1n) is 6.18. The Kier molecular flexibility index (Phi) is 5.27. The van der Waals surface area contributed by atoms with Crippen LogP contribution < -0.4 is 11.3 Å². The summed E-state index contributed by atoms with van der Waals surface area (Å²) in [6, 6.07) is 3.35. The van der Waals surface area contributed by atoms with Gasteiger partial charge in [-0.2, -0.15) is 26.3 Å². The number of hydrogen-bond donors (Lipinski definition) is 2. The highest BCUT2D eigenvalue weighted by Gasteiger charge is 2.60. The molecular formula is C13H16F6N2. The summed E-state index contributed by atoms with van der Waals surface area (Å²) >= 11 is 0. The molecule has 0 radical (unpaired) electrons. The summed E-state index contributed by atoms with van der Waals surface area (Å²) in [5.41, 5.74) is 2.29. The SMILES string of the molecule is CC(C)c1ccc(C(NN)C(C(F)(F)F)C(F)(F)F)cc1. The number of nitrogens with two attached hydrogens (primary N) is 1. The normalized spacial score (nSPS) is 14.8. The largest absolute Gasteiger partial charge is 0.402 e. The quantitative estimate of drug-likeness (QED) is 0.500. The Labute approximate surface area is 118 Å². The molecule has 1 unspecified atom stereocenters. The lowest BCUT2D eigenvalue weighted by Crippen LogP contribution is -2.47. The zero-order valence-corrected chi connectivity index (χ0v) is 11.4. The first-order valence-corrected chi connectivity index (χ1v) is 6.18. The molecule has 21 heavy (non-hydrogen) atoms. The first kappa shape index (κ1) is 17.8. The summed E-state index contributed by atoms with van der Waals surface area (Å²) < 4.78 is 76.4. The smallest absolute Gasteiger partial charge is 0.271 e. The van der Waals surface area contributed by atoms with E-state index in [9.17, 15) is 26.3 Å². The molecule has 0 heterocycles. The van der Waals surface area contributed by atoms with E-state index in [0.717, 1.165) is 5.56 Å². The molecule has 0 amide bonds. The molecule has 0 saturated heterocycles. The second kappa shape index (κ2) is 6.23. The van der Waals surface area contributed by atoms with Crippen molar-refractivity contribution >= 4 is 0 Å². The second-order valence-electron chi connectivity index (χ2n) is 5.03. The van der Waals surface area contributed by atoms with E-state index in [0.29, 0.717) is 0 Å². The molecule has 2 nitrogen and oxygen atoms in total. The van der Waals surface area contributed by atoms with E-state index in [1.54, 1.807) is 5.43 Å². The molecule has 3 N–H and O–H groups in total. The minimum Gasteiger partial charge on any atom is -0.271 e. The predicted molar refractivity (Wildman–Crippen MR) is 66.2 cm³/mol. The summed E-state index contributed by atoms with van der Waals surface area (Å²) in [5, 5.41) is 0. The van der Waals surface area contributed by atoms with Crippen LogP contribution in [0.25, 0.3) is 0 Å². The van der Waals surface area contributed by atoms with Crippen molar-refractivity contribution in [2.24, 2.45) is 11.8 Å². The van der Waals surface area contributed by atoms with Crippen LogP contribution in [0.5, 0.6) is 0 Å². The monoisotopic (exact) mass is 314 g/mol. The average Bonchev–Trinajstić information content (AvgIpc) is 2.32. The van der Waals surface area contributed by atoms with Crippen LogP contribution in [0.15, 0.2) is 24.3 Å². The maximum atomic E-state index is 12.7. The summed E-state index contributed by atoms with van der Waals surface area (Å²) in [6.45, 7) is 3.73. The maximum Gasteiger partial charge on any atom is 0.402 e. The number of benzene rings is 1. The molecule has 0 aliphatic heterocycles. The van der Waals surface area contributed by atoms with Gasteiger partial charge in [-0.15, -0.1) is 0 Å². The molecule has 0 fully saturated rings. The fraction of sp³-hybridized carbons (Fsp3) is 0.538. The van der Waals surface area contributed by atoms with E-state index in [1.165, 1.54) is 24.3 Å². The molecular weight excluding hydrogens is 298 g/mol. The number of hydrogen-bond acceptors (Lipinski definition) is 2. The van der Waals surface area contributed by atoms with Gasteiger partial charge in [-0.1, -0.05) is 38.1 Å². The number of alkyl halides is 6. The van der Waals surface area contributed by atoms with Gasteiger partial charge in [0.2, 0.25) is 0 Å². The number of halogens is 6. The number of rotatable bonds is 4. The molecule has 1 aromatic rings. The number of nitrogens with one attached hydrogen (secondary N) is 1. The number of hydrazine groups is 1. The van der Waals surface area contributed by atoms with Crippen LogP contribution in [0.1, 0.15) is 36.9 Å². The van der Waals surface area contributed by atoms with Gasteiger partial charge in [0.05, 0.1) is 6.04 Å². The van der Waals surface area contributed by atoms with Gasteiger partial charge in [0, 0.05) is 0 Å². The van der Waals surface area contributed by atoms with Gasteiger partial charge in [0.1, 0.15) is 0 Å². The molecule has 8 heteroatoms. The Balaban J connectivity index is 3.20.